The first kappa shape index (κ1) is 13.4. The van der Waals surface area contributed by atoms with E-state index in [0.717, 1.165) is 5.92 Å². The molecule has 1 rings (SSSR count). The Morgan fingerprint density at radius 2 is 1.79 bits per heavy atom. The Hall–Kier alpha value is -0.570. The molecule has 0 aliphatic carbocycles. The summed E-state index contributed by atoms with van der Waals surface area (Å²) >= 11 is 0. The van der Waals surface area contributed by atoms with Crippen molar-refractivity contribution in [3.05, 3.63) is 0 Å². The van der Waals surface area contributed by atoms with Crippen molar-refractivity contribution in [3.8, 4) is 0 Å². The first-order valence-corrected chi connectivity index (χ1v) is 5.28. The minimum Gasteiger partial charge on any atom is -0.462 e. The van der Waals surface area contributed by atoms with E-state index in [1.165, 1.54) is 25.9 Å². The van der Waals surface area contributed by atoms with Crippen LogP contribution in [0.4, 0.5) is 0 Å². The molecule has 1 saturated heterocycles. The summed E-state index contributed by atoms with van der Waals surface area (Å²) in [4.78, 5) is 9.60. The van der Waals surface area contributed by atoms with Crippen molar-refractivity contribution in [2.75, 3.05) is 13.1 Å². The highest BCUT2D eigenvalue weighted by molar-refractivity contribution is 5.37. The van der Waals surface area contributed by atoms with Crippen molar-refractivity contribution < 1.29 is 9.53 Å². The van der Waals surface area contributed by atoms with Crippen molar-refractivity contribution >= 4 is 6.47 Å². The number of hydrogen-bond donors (Lipinski definition) is 1. The SMILES string of the molecule is CC(C)(C)OC=O.CC1CCNCC1. The lowest BCUT2D eigenvalue weighted by atomic mass is 10.0. The van der Waals surface area contributed by atoms with Gasteiger partial charge < -0.3 is 10.1 Å². The predicted octanol–water partition coefficient (Wildman–Crippen LogP) is 1.96. The van der Waals surface area contributed by atoms with Gasteiger partial charge in [-0.1, -0.05) is 6.92 Å². The average molecular weight is 201 g/mol. The maximum absolute atomic E-state index is 9.60. The molecule has 0 unspecified atom stereocenters. The molecule has 1 N–H and O–H groups in total. The standard InChI is InChI=1S/C6H13N.C5H10O2/c1-6-2-4-7-5-3-6;1-5(2,3)7-4-6/h6-7H,2-5H2,1H3;4H,1-3H3. The summed E-state index contributed by atoms with van der Waals surface area (Å²) in [6, 6.07) is 0. The predicted molar refractivity (Wildman–Crippen MR) is 58.2 cm³/mol. The smallest absolute Gasteiger partial charge is 0.293 e. The second-order valence-electron chi connectivity index (χ2n) is 4.76. The number of carbonyl (C=O) groups is 1. The van der Waals surface area contributed by atoms with Gasteiger partial charge in [-0.3, -0.25) is 4.79 Å². The third kappa shape index (κ3) is 9.52. The molecule has 3 nitrogen and oxygen atoms in total. The number of rotatable bonds is 1. The van der Waals surface area contributed by atoms with Crippen LogP contribution in [0.1, 0.15) is 40.5 Å². The van der Waals surface area contributed by atoms with E-state index in [9.17, 15) is 4.79 Å². The van der Waals surface area contributed by atoms with Crippen LogP contribution in [0.2, 0.25) is 0 Å². The van der Waals surface area contributed by atoms with Crippen molar-refractivity contribution in [1.82, 2.24) is 5.32 Å². The second kappa shape index (κ2) is 6.82. The molecule has 0 aromatic heterocycles. The van der Waals surface area contributed by atoms with Gasteiger partial charge >= 0.3 is 0 Å². The fraction of sp³-hybridized carbons (Fsp3) is 0.909. The molecule has 0 aromatic carbocycles. The van der Waals surface area contributed by atoms with Crippen molar-refractivity contribution in [2.24, 2.45) is 5.92 Å². The van der Waals surface area contributed by atoms with E-state index in [2.05, 4.69) is 17.0 Å². The van der Waals surface area contributed by atoms with Gasteiger partial charge in [0, 0.05) is 0 Å². The van der Waals surface area contributed by atoms with E-state index in [0.29, 0.717) is 6.47 Å². The van der Waals surface area contributed by atoms with Gasteiger partial charge in [-0.15, -0.1) is 0 Å². The summed E-state index contributed by atoms with van der Waals surface area (Å²) in [5.41, 5.74) is -0.318. The van der Waals surface area contributed by atoms with Crippen molar-refractivity contribution in [3.63, 3.8) is 0 Å². The van der Waals surface area contributed by atoms with Gasteiger partial charge in [-0.2, -0.15) is 0 Å². The molecular weight excluding hydrogens is 178 g/mol. The molecule has 0 amide bonds. The van der Waals surface area contributed by atoms with Crippen LogP contribution >= 0.6 is 0 Å². The lowest BCUT2D eigenvalue weighted by Gasteiger charge is -2.17. The van der Waals surface area contributed by atoms with Crippen LogP contribution in [0, 0.1) is 5.92 Å². The van der Waals surface area contributed by atoms with Crippen LogP contribution in [0.25, 0.3) is 0 Å². The highest BCUT2D eigenvalue weighted by Gasteiger charge is 2.07. The zero-order valence-corrected chi connectivity index (χ0v) is 9.80. The number of nitrogens with one attached hydrogen (secondary N) is 1. The topological polar surface area (TPSA) is 38.3 Å². The molecule has 1 aliphatic rings. The largest absolute Gasteiger partial charge is 0.462 e. The van der Waals surface area contributed by atoms with Crippen molar-refractivity contribution in [1.29, 1.82) is 0 Å². The minimum atomic E-state index is -0.318. The quantitative estimate of drug-likeness (QED) is 0.659. The maximum atomic E-state index is 9.60. The van der Waals surface area contributed by atoms with Crippen molar-refractivity contribution in [2.45, 2.75) is 46.1 Å². The first-order chi connectivity index (χ1) is 6.45. The number of carbonyl (C=O) groups excluding carboxylic acids is 1. The van der Waals surface area contributed by atoms with Crippen LogP contribution in [0.3, 0.4) is 0 Å². The van der Waals surface area contributed by atoms with E-state index in [4.69, 9.17) is 0 Å². The lowest BCUT2D eigenvalue weighted by Crippen LogP contribution is -2.26. The van der Waals surface area contributed by atoms with Crippen LogP contribution in [0.5, 0.6) is 0 Å². The molecule has 1 heterocycles. The summed E-state index contributed by atoms with van der Waals surface area (Å²) in [6.45, 7) is 10.7. The number of ether oxygens (including phenoxy) is 1. The lowest BCUT2D eigenvalue weighted by molar-refractivity contribution is -0.138. The molecule has 0 saturated carbocycles. The molecular formula is C11H23NO2. The van der Waals surface area contributed by atoms with Gasteiger partial charge in [-0.25, -0.2) is 0 Å². The van der Waals surface area contributed by atoms with E-state index in [1.807, 2.05) is 20.8 Å². The molecule has 0 atom stereocenters. The molecule has 1 fully saturated rings. The number of hydrogen-bond acceptors (Lipinski definition) is 3. The molecule has 0 radical (unpaired) electrons. The number of piperidine rings is 1. The Kier molecular flexibility index (Phi) is 6.54. The van der Waals surface area contributed by atoms with Gasteiger partial charge in [0.25, 0.3) is 6.47 Å². The van der Waals surface area contributed by atoms with E-state index in [-0.39, 0.29) is 5.60 Å². The highest BCUT2D eigenvalue weighted by Crippen LogP contribution is 2.08. The fourth-order valence-corrected chi connectivity index (χ4v) is 1.11. The fourth-order valence-electron chi connectivity index (χ4n) is 1.11. The Balaban J connectivity index is 0.000000241. The van der Waals surface area contributed by atoms with E-state index < -0.39 is 0 Å². The highest BCUT2D eigenvalue weighted by atomic mass is 16.5. The van der Waals surface area contributed by atoms with E-state index in [1.54, 1.807) is 0 Å². The molecule has 0 bridgehead atoms. The zero-order valence-electron chi connectivity index (χ0n) is 9.80. The van der Waals surface area contributed by atoms with E-state index >= 15 is 0 Å². The average Bonchev–Trinajstić information content (AvgIpc) is 2.04. The summed E-state index contributed by atoms with van der Waals surface area (Å²) in [5.74, 6) is 0.973. The first-order valence-electron chi connectivity index (χ1n) is 5.28. The summed E-state index contributed by atoms with van der Waals surface area (Å²) < 4.78 is 4.55. The molecule has 84 valence electrons. The van der Waals surface area contributed by atoms with Gasteiger partial charge in [0.15, 0.2) is 0 Å². The Morgan fingerprint density at radius 3 is 1.93 bits per heavy atom. The Labute approximate surface area is 87.2 Å². The molecule has 3 heteroatoms. The summed E-state index contributed by atoms with van der Waals surface area (Å²) in [7, 11) is 0. The van der Waals surface area contributed by atoms with Gasteiger partial charge in [0.2, 0.25) is 0 Å². The Bertz CT molecular complexity index is 146. The van der Waals surface area contributed by atoms with Crippen LogP contribution in [-0.2, 0) is 9.53 Å². The van der Waals surface area contributed by atoms with Gasteiger partial charge in [0.1, 0.15) is 5.60 Å². The Morgan fingerprint density at radius 1 is 1.29 bits per heavy atom. The van der Waals surface area contributed by atoms with Crippen LogP contribution in [0.15, 0.2) is 0 Å². The molecule has 1 aliphatic heterocycles. The monoisotopic (exact) mass is 201 g/mol. The second-order valence-corrected chi connectivity index (χ2v) is 4.76. The normalized spacial score (nSPS) is 18.0. The maximum Gasteiger partial charge on any atom is 0.293 e. The van der Waals surface area contributed by atoms with Gasteiger partial charge in [0.05, 0.1) is 0 Å². The van der Waals surface area contributed by atoms with Gasteiger partial charge in [-0.05, 0) is 52.6 Å². The third-order valence-corrected chi connectivity index (χ3v) is 2.03. The van der Waals surface area contributed by atoms with Crippen LogP contribution in [-0.4, -0.2) is 25.2 Å². The molecule has 14 heavy (non-hydrogen) atoms. The van der Waals surface area contributed by atoms with Crippen LogP contribution < -0.4 is 5.32 Å². The molecule has 0 spiro atoms. The third-order valence-electron chi connectivity index (χ3n) is 2.03. The zero-order chi connectivity index (χ0) is 11.0. The molecule has 0 aromatic rings. The minimum absolute atomic E-state index is 0.318. The summed E-state index contributed by atoms with van der Waals surface area (Å²) in [5, 5.41) is 3.32. The summed E-state index contributed by atoms with van der Waals surface area (Å²) in [6.07, 6.45) is 2.75.